The first-order chi connectivity index (χ1) is 6.13. The molecule has 1 aliphatic rings. The van der Waals surface area contributed by atoms with Crippen LogP contribution in [0.3, 0.4) is 0 Å². The molecule has 1 rings (SSSR count). The van der Waals surface area contributed by atoms with Crippen LogP contribution in [0.25, 0.3) is 0 Å². The monoisotopic (exact) mass is 186 g/mol. The summed E-state index contributed by atoms with van der Waals surface area (Å²) in [6.07, 6.45) is 0. The van der Waals surface area contributed by atoms with Gasteiger partial charge in [0.05, 0.1) is 13.2 Å². The fourth-order valence-corrected chi connectivity index (χ4v) is 1.22. The van der Waals surface area contributed by atoms with Gasteiger partial charge in [0.15, 0.2) is 0 Å². The number of carbonyl (C=O) groups is 1. The molecule has 0 aromatic carbocycles. The summed E-state index contributed by atoms with van der Waals surface area (Å²) in [4.78, 5) is 12.5. The van der Waals surface area contributed by atoms with Crippen LogP contribution in [-0.4, -0.2) is 42.3 Å². The SMILES string of the molecule is CC(=C(N)C(=O)O)N1CCOCC1. The van der Waals surface area contributed by atoms with Crippen LogP contribution in [0.5, 0.6) is 0 Å². The van der Waals surface area contributed by atoms with Crippen LogP contribution < -0.4 is 5.73 Å². The number of carboxylic acid groups (broad SMARTS) is 1. The molecule has 0 atom stereocenters. The number of hydrogen-bond acceptors (Lipinski definition) is 4. The highest BCUT2D eigenvalue weighted by atomic mass is 16.5. The molecule has 0 bridgehead atoms. The minimum atomic E-state index is -1.07. The standard InChI is InChI=1S/C8H14N2O3/c1-6(7(9)8(11)12)10-2-4-13-5-3-10/h2-5,9H2,1H3,(H,11,12). The molecule has 5 nitrogen and oxygen atoms in total. The first kappa shape index (κ1) is 9.85. The summed E-state index contributed by atoms with van der Waals surface area (Å²) >= 11 is 0. The van der Waals surface area contributed by atoms with Crippen molar-refractivity contribution in [2.24, 2.45) is 5.73 Å². The van der Waals surface area contributed by atoms with E-state index in [0.29, 0.717) is 32.0 Å². The average molecular weight is 186 g/mol. The van der Waals surface area contributed by atoms with Crippen molar-refractivity contribution in [3.63, 3.8) is 0 Å². The van der Waals surface area contributed by atoms with Gasteiger partial charge in [0.25, 0.3) is 0 Å². The van der Waals surface area contributed by atoms with Crippen molar-refractivity contribution >= 4 is 5.97 Å². The Morgan fingerprint density at radius 2 is 2.00 bits per heavy atom. The maximum atomic E-state index is 10.5. The maximum absolute atomic E-state index is 10.5. The maximum Gasteiger partial charge on any atom is 0.353 e. The molecule has 1 aliphatic heterocycles. The van der Waals surface area contributed by atoms with E-state index in [4.69, 9.17) is 15.6 Å². The number of allylic oxidation sites excluding steroid dienone is 1. The van der Waals surface area contributed by atoms with Crippen LogP contribution in [0.4, 0.5) is 0 Å². The first-order valence-electron chi connectivity index (χ1n) is 4.15. The predicted octanol–water partition coefficient (Wildman–Crippen LogP) is -0.407. The lowest BCUT2D eigenvalue weighted by Gasteiger charge is -2.29. The Morgan fingerprint density at radius 3 is 2.46 bits per heavy atom. The number of aliphatic carboxylic acids is 1. The highest BCUT2D eigenvalue weighted by molar-refractivity contribution is 5.86. The number of rotatable bonds is 2. The fourth-order valence-electron chi connectivity index (χ4n) is 1.22. The summed E-state index contributed by atoms with van der Waals surface area (Å²) in [6, 6.07) is 0. The van der Waals surface area contributed by atoms with Gasteiger partial charge >= 0.3 is 5.97 Å². The van der Waals surface area contributed by atoms with Gasteiger partial charge in [-0.05, 0) is 6.92 Å². The van der Waals surface area contributed by atoms with Crippen molar-refractivity contribution in [1.82, 2.24) is 4.90 Å². The van der Waals surface area contributed by atoms with E-state index >= 15 is 0 Å². The summed E-state index contributed by atoms with van der Waals surface area (Å²) < 4.78 is 5.14. The van der Waals surface area contributed by atoms with Crippen molar-refractivity contribution < 1.29 is 14.6 Å². The van der Waals surface area contributed by atoms with Crippen LogP contribution in [0.15, 0.2) is 11.4 Å². The minimum Gasteiger partial charge on any atom is -0.477 e. The number of nitrogens with zero attached hydrogens (tertiary/aromatic N) is 1. The largest absolute Gasteiger partial charge is 0.477 e. The first-order valence-corrected chi connectivity index (χ1v) is 4.15. The lowest BCUT2D eigenvalue weighted by Crippen LogP contribution is -2.36. The van der Waals surface area contributed by atoms with Gasteiger partial charge in [-0.2, -0.15) is 0 Å². The van der Waals surface area contributed by atoms with Gasteiger partial charge in [-0.1, -0.05) is 0 Å². The van der Waals surface area contributed by atoms with Gasteiger partial charge < -0.3 is 20.5 Å². The zero-order chi connectivity index (χ0) is 9.84. The van der Waals surface area contributed by atoms with E-state index < -0.39 is 5.97 Å². The van der Waals surface area contributed by atoms with Crippen molar-refractivity contribution in [2.75, 3.05) is 26.3 Å². The molecule has 0 spiro atoms. The number of morpholine rings is 1. The molecule has 1 heterocycles. The molecule has 0 saturated carbocycles. The van der Waals surface area contributed by atoms with Gasteiger partial charge in [-0.25, -0.2) is 4.79 Å². The molecule has 1 fully saturated rings. The Balaban J connectivity index is 2.68. The number of nitrogens with two attached hydrogens (primary N) is 1. The second-order valence-corrected chi connectivity index (χ2v) is 2.90. The molecule has 1 saturated heterocycles. The zero-order valence-corrected chi connectivity index (χ0v) is 7.62. The molecular formula is C8H14N2O3. The van der Waals surface area contributed by atoms with Crippen LogP contribution in [0, 0.1) is 0 Å². The Hall–Kier alpha value is -1.23. The van der Waals surface area contributed by atoms with Crippen LogP contribution in [0.2, 0.25) is 0 Å². The van der Waals surface area contributed by atoms with E-state index in [1.54, 1.807) is 6.92 Å². The van der Waals surface area contributed by atoms with E-state index in [1.807, 2.05) is 4.90 Å². The molecule has 0 aromatic heterocycles. The third-order valence-corrected chi connectivity index (χ3v) is 2.11. The topological polar surface area (TPSA) is 75.8 Å². The number of hydrogen-bond donors (Lipinski definition) is 2. The lowest BCUT2D eigenvalue weighted by molar-refractivity contribution is -0.132. The average Bonchev–Trinajstić information content (AvgIpc) is 2.17. The molecule has 0 aliphatic carbocycles. The van der Waals surface area contributed by atoms with Gasteiger partial charge in [0.1, 0.15) is 5.70 Å². The van der Waals surface area contributed by atoms with Crippen LogP contribution in [0.1, 0.15) is 6.92 Å². The summed E-state index contributed by atoms with van der Waals surface area (Å²) in [5, 5.41) is 8.64. The molecule has 0 amide bonds. The van der Waals surface area contributed by atoms with Crippen LogP contribution in [-0.2, 0) is 9.53 Å². The number of carboxylic acids is 1. The number of ether oxygens (including phenoxy) is 1. The molecule has 0 unspecified atom stereocenters. The summed E-state index contributed by atoms with van der Waals surface area (Å²) in [5.41, 5.74) is 5.93. The molecule has 0 aromatic rings. The highest BCUT2D eigenvalue weighted by Gasteiger charge is 2.15. The highest BCUT2D eigenvalue weighted by Crippen LogP contribution is 2.08. The minimum absolute atomic E-state index is 0.0816. The van der Waals surface area contributed by atoms with E-state index in [-0.39, 0.29) is 5.70 Å². The second-order valence-electron chi connectivity index (χ2n) is 2.90. The Morgan fingerprint density at radius 1 is 1.46 bits per heavy atom. The van der Waals surface area contributed by atoms with Gasteiger partial charge in [0.2, 0.25) is 0 Å². The van der Waals surface area contributed by atoms with E-state index in [9.17, 15) is 4.79 Å². The molecule has 13 heavy (non-hydrogen) atoms. The quantitative estimate of drug-likeness (QED) is 0.573. The van der Waals surface area contributed by atoms with Crippen molar-refractivity contribution in [2.45, 2.75) is 6.92 Å². The lowest BCUT2D eigenvalue weighted by atomic mass is 10.3. The Bertz CT molecular complexity index is 232. The van der Waals surface area contributed by atoms with Gasteiger partial charge in [-0.3, -0.25) is 0 Å². The van der Waals surface area contributed by atoms with Gasteiger partial charge in [-0.15, -0.1) is 0 Å². The summed E-state index contributed by atoms with van der Waals surface area (Å²) in [5.74, 6) is -1.07. The molecular weight excluding hydrogens is 172 g/mol. The Kier molecular flexibility index (Phi) is 3.13. The normalized spacial score (nSPS) is 19.6. The third kappa shape index (κ3) is 2.35. The smallest absolute Gasteiger partial charge is 0.353 e. The van der Waals surface area contributed by atoms with Crippen molar-refractivity contribution in [3.8, 4) is 0 Å². The van der Waals surface area contributed by atoms with E-state index in [1.165, 1.54) is 0 Å². The molecule has 3 N–H and O–H groups in total. The third-order valence-electron chi connectivity index (χ3n) is 2.11. The van der Waals surface area contributed by atoms with Crippen LogP contribution >= 0.6 is 0 Å². The summed E-state index contributed by atoms with van der Waals surface area (Å²) in [6.45, 7) is 4.39. The van der Waals surface area contributed by atoms with Gasteiger partial charge in [0, 0.05) is 18.8 Å². The molecule has 74 valence electrons. The molecule has 5 heteroatoms. The van der Waals surface area contributed by atoms with E-state index in [2.05, 4.69) is 0 Å². The van der Waals surface area contributed by atoms with Crippen molar-refractivity contribution in [1.29, 1.82) is 0 Å². The van der Waals surface area contributed by atoms with Crippen molar-refractivity contribution in [3.05, 3.63) is 11.4 Å². The zero-order valence-electron chi connectivity index (χ0n) is 7.62. The predicted molar refractivity (Wildman–Crippen MR) is 46.9 cm³/mol. The Labute approximate surface area is 76.8 Å². The summed E-state index contributed by atoms with van der Waals surface area (Å²) in [7, 11) is 0. The molecule has 0 radical (unpaired) electrons. The van der Waals surface area contributed by atoms with E-state index in [0.717, 1.165) is 0 Å². The second kappa shape index (κ2) is 4.13. The fraction of sp³-hybridized carbons (Fsp3) is 0.625.